The van der Waals surface area contributed by atoms with Gasteiger partial charge in [0.25, 0.3) is 0 Å². The van der Waals surface area contributed by atoms with E-state index >= 15 is 0 Å². The molecule has 0 spiro atoms. The van der Waals surface area contributed by atoms with Gasteiger partial charge in [-0.2, -0.15) is 0 Å². The molecule has 0 aliphatic heterocycles. The Morgan fingerprint density at radius 3 is 2.48 bits per heavy atom. The van der Waals surface area contributed by atoms with Crippen molar-refractivity contribution in [3.05, 3.63) is 72.6 Å². The minimum atomic E-state index is 0. The molecule has 0 aliphatic carbocycles. The Hall–Kier alpha value is -3.01. The lowest BCUT2D eigenvalue weighted by molar-refractivity contribution is 0.373. The van der Waals surface area contributed by atoms with Crippen LogP contribution in [0.4, 0.5) is 5.69 Å². The van der Waals surface area contributed by atoms with Crippen LogP contribution >= 0.6 is 0 Å². The molecule has 3 aromatic rings. The van der Waals surface area contributed by atoms with Crippen LogP contribution in [0.15, 0.2) is 67.0 Å². The predicted molar refractivity (Wildman–Crippen MR) is 103 cm³/mol. The van der Waals surface area contributed by atoms with E-state index in [9.17, 15) is 5.11 Å². The summed E-state index contributed by atoms with van der Waals surface area (Å²) < 4.78 is 5.17. The van der Waals surface area contributed by atoms with Crippen molar-refractivity contribution < 1.29 is 9.84 Å². The van der Waals surface area contributed by atoms with Crippen molar-refractivity contribution in [2.75, 3.05) is 12.4 Å². The standard InChI is InChI=1S/C20H20N2O2.CH4/c1-14(15-6-4-3-5-7-15)22-18-10-17(12-21-13-18)16-8-9-19(23)20(11-16)24-2;/h3-14,22-23H,1-2H3;1H4/t14-;/m0./s1. The number of phenols is 1. The topological polar surface area (TPSA) is 54.4 Å². The van der Waals surface area contributed by atoms with Crippen LogP contribution < -0.4 is 10.1 Å². The molecule has 0 amide bonds. The Balaban J connectivity index is 0.00000225. The highest BCUT2D eigenvalue weighted by Gasteiger charge is 2.08. The number of aromatic nitrogens is 1. The predicted octanol–water partition coefficient (Wildman–Crippen LogP) is 5.27. The van der Waals surface area contributed by atoms with Gasteiger partial charge in [-0.1, -0.05) is 43.8 Å². The normalized spacial score (nSPS) is 11.3. The van der Waals surface area contributed by atoms with Crippen LogP contribution in [0.3, 0.4) is 0 Å². The number of pyridine rings is 1. The Morgan fingerprint density at radius 1 is 1.00 bits per heavy atom. The third-order valence-corrected chi connectivity index (χ3v) is 3.93. The van der Waals surface area contributed by atoms with Gasteiger partial charge in [-0.25, -0.2) is 0 Å². The molecule has 0 bridgehead atoms. The van der Waals surface area contributed by atoms with Crippen molar-refractivity contribution in [1.82, 2.24) is 4.98 Å². The smallest absolute Gasteiger partial charge is 0.161 e. The van der Waals surface area contributed by atoms with Crippen LogP contribution in [-0.4, -0.2) is 17.2 Å². The molecule has 2 aromatic carbocycles. The van der Waals surface area contributed by atoms with Gasteiger partial charge in [-0.05, 0) is 36.2 Å². The van der Waals surface area contributed by atoms with E-state index in [0.29, 0.717) is 5.75 Å². The maximum absolute atomic E-state index is 9.73. The zero-order chi connectivity index (χ0) is 16.9. The van der Waals surface area contributed by atoms with Crippen molar-refractivity contribution in [1.29, 1.82) is 0 Å². The summed E-state index contributed by atoms with van der Waals surface area (Å²) in [5, 5.41) is 13.2. The minimum Gasteiger partial charge on any atom is -0.504 e. The molecule has 0 saturated carbocycles. The summed E-state index contributed by atoms with van der Waals surface area (Å²) in [7, 11) is 1.54. The molecule has 0 radical (unpaired) electrons. The number of aromatic hydroxyl groups is 1. The number of hydrogen-bond donors (Lipinski definition) is 2. The second kappa shape index (κ2) is 8.20. The molecular weight excluding hydrogens is 312 g/mol. The second-order valence-corrected chi connectivity index (χ2v) is 5.63. The zero-order valence-electron chi connectivity index (χ0n) is 13.7. The summed E-state index contributed by atoms with van der Waals surface area (Å²) >= 11 is 0. The van der Waals surface area contributed by atoms with Crippen molar-refractivity contribution in [3.63, 3.8) is 0 Å². The fourth-order valence-corrected chi connectivity index (χ4v) is 2.61. The number of anilines is 1. The third-order valence-electron chi connectivity index (χ3n) is 3.93. The Bertz CT molecular complexity index is 819. The summed E-state index contributed by atoms with van der Waals surface area (Å²) in [4.78, 5) is 4.32. The van der Waals surface area contributed by atoms with Crippen LogP contribution in [0, 0.1) is 0 Å². The quantitative estimate of drug-likeness (QED) is 0.666. The molecule has 3 rings (SSSR count). The lowest BCUT2D eigenvalue weighted by atomic mass is 10.1. The molecule has 4 heteroatoms. The third kappa shape index (κ3) is 4.29. The van der Waals surface area contributed by atoms with E-state index in [1.807, 2.05) is 30.3 Å². The van der Waals surface area contributed by atoms with Gasteiger partial charge in [-0.3, -0.25) is 4.98 Å². The molecule has 4 nitrogen and oxygen atoms in total. The zero-order valence-corrected chi connectivity index (χ0v) is 13.7. The molecule has 130 valence electrons. The number of hydrogen-bond acceptors (Lipinski definition) is 4. The maximum Gasteiger partial charge on any atom is 0.161 e. The molecule has 0 aliphatic rings. The van der Waals surface area contributed by atoms with Gasteiger partial charge in [0.15, 0.2) is 11.5 Å². The Labute approximate surface area is 149 Å². The SMILES string of the molecule is C.COc1cc(-c2cncc(N[C@@H](C)c3ccccc3)c2)ccc1O. The van der Waals surface area contributed by atoms with Crippen LogP contribution in [0.1, 0.15) is 26.0 Å². The van der Waals surface area contributed by atoms with E-state index < -0.39 is 0 Å². The van der Waals surface area contributed by atoms with Crippen LogP contribution in [0.5, 0.6) is 11.5 Å². The molecule has 25 heavy (non-hydrogen) atoms. The highest BCUT2D eigenvalue weighted by Crippen LogP contribution is 2.32. The Kier molecular flexibility index (Phi) is 6.01. The first-order valence-corrected chi connectivity index (χ1v) is 7.81. The lowest BCUT2D eigenvalue weighted by Crippen LogP contribution is -2.06. The monoisotopic (exact) mass is 336 g/mol. The molecule has 0 fully saturated rings. The fraction of sp³-hybridized carbons (Fsp3) is 0.190. The molecule has 1 aromatic heterocycles. The molecule has 0 unspecified atom stereocenters. The summed E-state index contributed by atoms with van der Waals surface area (Å²) in [6.07, 6.45) is 3.60. The van der Waals surface area contributed by atoms with Crippen LogP contribution in [0.2, 0.25) is 0 Å². The van der Waals surface area contributed by atoms with Crippen molar-refractivity contribution in [3.8, 4) is 22.6 Å². The van der Waals surface area contributed by atoms with Crippen molar-refractivity contribution in [2.24, 2.45) is 0 Å². The van der Waals surface area contributed by atoms with E-state index in [4.69, 9.17) is 4.74 Å². The summed E-state index contributed by atoms with van der Waals surface area (Å²) in [6, 6.07) is 17.8. The molecule has 0 saturated heterocycles. The number of rotatable bonds is 5. The minimum absolute atomic E-state index is 0. The van der Waals surface area contributed by atoms with Gasteiger partial charge >= 0.3 is 0 Å². The summed E-state index contributed by atoms with van der Waals surface area (Å²) in [5.74, 6) is 0.574. The van der Waals surface area contributed by atoms with Gasteiger partial charge in [0.1, 0.15) is 0 Å². The van der Waals surface area contributed by atoms with Crippen molar-refractivity contribution >= 4 is 5.69 Å². The van der Waals surface area contributed by atoms with E-state index in [1.165, 1.54) is 12.7 Å². The number of methoxy groups -OCH3 is 1. The average molecular weight is 336 g/mol. The maximum atomic E-state index is 9.73. The van der Waals surface area contributed by atoms with Gasteiger partial charge < -0.3 is 15.2 Å². The fourth-order valence-electron chi connectivity index (χ4n) is 2.61. The van der Waals surface area contributed by atoms with E-state index in [-0.39, 0.29) is 19.2 Å². The first-order chi connectivity index (χ1) is 11.7. The Morgan fingerprint density at radius 2 is 1.76 bits per heavy atom. The van der Waals surface area contributed by atoms with Crippen LogP contribution in [-0.2, 0) is 0 Å². The van der Waals surface area contributed by atoms with E-state index in [2.05, 4.69) is 29.4 Å². The highest BCUT2D eigenvalue weighted by atomic mass is 16.5. The lowest BCUT2D eigenvalue weighted by Gasteiger charge is -2.16. The average Bonchev–Trinajstić information content (AvgIpc) is 2.63. The van der Waals surface area contributed by atoms with Gasteiger partial charge in [-0.15, -0.1) is 0 Å². The molecule has 2 N–H and O–H groups in total. The molecule has 1 atom stereocenters. The first kappa shape index (κ1) is 18.3. The van der Waals surface area contributed by atoms with E-state index in [1.54, 1.807) is 24.5 Å². The number of ether oxygens (including phenoxy) is 1. The van der Waals surface area contributed by atoms with Crippen LogP contribution in [0.25, 0.3) is 11.1 Å². The largest absolute Gasteiger partial charge is 0.504 e. The second-order valence-electron chi connectivity index (χ2n) is 5.63. The molecule has 1 heterocycles. The highest BCUT2D eigenvalue weighted by molar-refractivity contribution is 5.69. The van der Waals surface area contributed by atoms with Gasteiger partial charge in [0.2, 0.25) is 0 Å². The number of phenolic OH excluding ortho intramolecular Hbond substituents is 1. The number of benzene rings is 2. The summed E-state index contributed by atoms with van der Waals surface area (Å²) in [5.41, 5.74) is 4.05. The molecular formula is C21H24N2O2. The number of nitrogens with zero attached hydrogens (tertiary/aromatic N) is 1. The van der Waals surface area contributed by atoms with E-state index in [0.717, 1.165) is 16.8 Å². The van der Waals surface area contributed by atoms with Crippen molar-refractivity contribution in [2.45, 2.75) is 20.4 Å². The van der Waals surface area contributed by atoms with Gasteiger partial charge in [0.05, 0.1) is 12.8 Å². The summed E-state index contributed by atoms with van der Waals surface area (Å²) in [6.45, 7) is 2.12. The number of nitrogens with one attached hydrogen (secondary N) is 1. The van der Waals surface area contributed by atoms with Gasteiger partial charge in [0, 0.05) is 24.0 Å². The first-order valence-electron chi connectivity index (χ1n) is 7.81.